The van der Waals surface area contributed by atoms with E-state index in [4.69, 9.17) is 0 Å². The third-order valence-electron chi connectivity index (χ3n) is 5.47. The van der Waals surface area contributed by atoms with E-state index in [2.05, 4.69) is 23.2 Å². The Morgan fingerprint density at radius 3 is 2.32 bits per heavy atom. The minimum Gasteiger partial charge on any atom is -0.339 e. The number of carbonyl (C=O) groups is 2. The lowest BCUT2D eigenvalue weighted by Crippen LogP contribution is -2.51. The van der Waals surface area contributed by atoms with Crippen LogP contribution in [0.5, 0.6) is 0 Å². The van der Waals surface area contributed by atoms with Gasteiger partial charge >= 0.3 is 0 Å². The number of fused-ring (bicyclic) bond motifs is 1. The average molecular weight is 454 g/mol. The van der Waals surface area contributed by atoms with Gasteiger partial charge in [0.1, 0.15) is 5.01 Å². The molecule has 1 fully saturated rings. The van der Waals surface area contributed by atoms with Crippen molar-refractivity contribution in [3.8, 4) is 0 Å². The van der Waals surface area contributed by atoms with Gasteiger partial charge in [0.25, 0.3) is 0 Å². The molecular weight excluding hydrogens is 426 g/mol. The van der Waals surface area contributed by atoms with Crippen LogP contribution in [0.4, 0.5) is 0 Å². The highest BCUT2D eigenvalue weighted by Gasteiger charge is 2.23. The Morgan fingerprint density at radius 2 is 1.58 bits per heavy atom. The topological polar surface area (TPSA) is 53.5 Å². The molecule has 31 heavy (non-hydrogen) atoms. The van der Waals surface area contributed by atoms with Gasteiger partial charge in [0.15, 0.2) is 0 Å². The lowest BCUT2D eigenvalue weighted by Gasteiger charge is -2.34. The number of thioether (sulfide) groups is 1. The van der Waals surface area contributed by atoms with Crippen molar-refractivity contribution in [2.45, 2.75) is 25.0 Å². The SMILES string of the molecule is O=C(CCCc1ccccc1)N1CCN(C(=O)CSCc2nc3ccccc3s2)CC1. The minimum absolute atomic E-state index is 0.155. The molecule has 0 N–H and O–H groups in total. The van der Waals surface area contributed by atoms with Gasteiger partial charge < -0.3 is 9.80 Å². The zero-order valence-electron chi connectivity index (χ0n) is 17.5. The van der Waals surface area contributed by atoms with Crippen LogP contribution < -0.4 is 0 Å². The number of amides is 2. The zero-order valence-corrected chi connectivity index (χ0v) is 19.2. The number of rotatable bonds is 8. The van der Waals surface area contributed by atoms with Crippen molar-refractivity contribution in [1.82, 2.24) is 14.8 Å². The summed E-state index contributed by atoms with van der Waals surface area (Å²) in [4.78, 5) is 33.4. The maximum absolute atomic E-state index is 12.6. The van der Waals surface area contributed by atoms with Crippen LogP contribution in [0.15, 0.2) is 54.6 Å². The van der Waals surface area contributed by atoms with Crippen LogP contribution in [0, 0.1) is 0 Å². The number of hydrogen-bond donors (Lipinski definition) is 0. The number of carbonyl (C=O) groups excluding carboxylic acids is 2. The summed E-state index contributed by atoms with van der Waals surface area (Å²) < 4.78 is 1.19. The molecule has 0 radical (unpaired) electrons. The Bertz CT molecular complexity index is 981. The highest BCUT2D eigenvalue weighted by Crippen LogP contribution is 2.25. The van der Waals surface area contributed by atoms with Crippen molar-refractivity contribution in [2.24, 2.45) is 0 Å². The van der Waals surface area contributed by atoms with Gasteiger partial charge in [-0.25, -0.2) is 4.98 Å². The van der Waals surface area contributed by atoms with Gasteiger partial charge in [-0.2, -0.15) is 0 Å². The van der Waals surface area contributed by atoms with E-state index >= 15 is 0 Å². The number of thiazole rings is 1. The molecule has 1 aliphatic heterocycles. The molecule has 0 atom stereocenters. The summed E-state index contributed by atoms with van der Waals surface area (Å²) in [5.74, 6) is 1.57. The molecule has 2 aromatic carbocycles. The monoisotopic (exact) mass is 453 g/mol. The second kappa shape index (κ2) is 10.8. The molecule has 1 aliphatic rings. The van der Waals surface area contributed by atoms with Crippen molar-refractivity contribution in [3.63, 3.8) is 0 Å². The minimum atomic E-state index is 0.155. The van der Waals surface area contributed by atoms with E-state index in [1.54, 1.807) is 23.1 Å². The predicted octanol–water partition coefficient (Wildman–Crippen LogP) is 4.22. The predicted molar refractivity (Wildman–Crippen MR) is 128 cm³/mol. The number of benzene rings is 2. The first-order chi connectivity index (χ1) is 15.2. The highest BCUT2D eigenvalue weighted by atomic mass is 32.2. The number of para-hydroxylation sites is 1. The molecule has 0 saturated carbocycles. The molecule has 0 unspecified atom stereocenters. The summed E-state index contributed by atoms with van der Waals surface area (Å²) >= 11 is 3.31. The highest BCUT2D eigenvalue weighted by molar-refractivity contribution is 7.99. The quantitative estimate of drug-likeness (QED) is 0.512. The van der Waals surface area contributed by atoms with Crippen LogP contribution >= 0.6 is 23.1 Å². The Hall–Kier alpha value is -2.38. The molecule has 7 heteroatoms. The van der Waals surface area contributed by atoms with E-state index in [1.165, 1.54) is 10.3 Å². The average Bonchev–Trinajstić information content (AvgIpc) is 3.22. The zero-order chi connectivity index (χ0) is 21.5. The van der Waals surface area contributed by atoms with Crippen LogP contribution in [0.3, 0.4) is 0 Å². The Kier molecular flexibility index (Phi) is 7.59. The fourth-order valence-corrected chi connectivity index (χ4v) is 5.70. The van der Waals surface area contributed by atoms with Crippen LogP contribution in [0.25, 0.3) is 10.2 Å². The van der Waals surface area contributed by atoms with E-state index in [-0.39, 0.29) is 11.8 Å². The summed E-state index contributed by atoms with van der Waals surface area (Å²) in [5.41, 5.74) is 2.30. The third kappa shape index (κ3) is 6.08. The van der Waals surface area contributed by atoms with Crippen LogP contribution in [0.2, 0.25) is 0 Å². The summed E-state index contributed by atoms with van der Waals surface area (Å²) in [7, 11) is 0. The molecular formula is C24H27N3O2S2. The van der Waals surface area contributed by atoms with Gasteiger partial charge in [-0.1, -0.05) is 42.5 Å². The number of nitrogens with zero attached hydrogens (tertiary/aromatic N) is 3. The number of aromatic nitrogens is 1. The first-order valence-corrected chi connectivity index (χ1v) is 12.7. The third-order valence-corrected chi connectivity index (χ3v) is 7.62. The van der Waals surface area contributed by atoms with Crippen molar-refractivity contribution in [2.75, 3.05) is 31.9 Å². The fraction of sp³-hybridized carbons (Fsp3) is 0.375. The normalized spacial score (nSPS) is 14.2. The van der Waals surface area contributed by atoms with Crippen molar-refractivity contribution in [3.05, 3.63) is 65.2 Å². The van der Waals surface area contributed by atoms with Gasteiger partial charge in [0.2, 0.25) is 11.8 Å². The van der Waals surface area contributed by atoms with Crippen LogP contribution in [-0.4, -0.2) is 58.5 Å². The van der Waals surface area contributed by atoms with E-state index in [0.717, 1.165) is 29.1 Å². The number of piperazine rings is 1. The van der Waals surface area contributed by atoms with Gasteiger partial charge in [-0.3, -0.25) is 9.59 Å². The molecule has 1 saturated heterocycles. The summed E-state index contributed by atoms with van der Waals surface area (Å²) in [6.45, 7) is 2.53. The van der Waals surface area contributed by atoms with Gasteiger partial charge in [0, 0.05) is 38.4 Å². The number of hydrogen-bond acceptors (Lipinski definition) is 5. The Morgan fingerprint density at radius 1 is 0.903 bits per heavy atom. The van der Waals surface area contributed by atoms with Gasteiger partial charge in [0.05, 0.1) is 16.0 Å². The molecule has 5 nitrogen and oxygen atoms in total. The maximum atomic E-state index is 12.6. The molecule has 0 spiro atoms. The van der Waals surface area contributed by atoms with Gasteiger partial charge in [-0.05, 0) is 30.5 Å². The van der Waals surface area contributed by atoms with Crippen molar-refractivity contribution in [1.29, 1.82) is 0 Å². The van der Waals surface area contributed by atoms with Crippen molar-refractivity contribution >= 4 is 45.1 Å². The Balaban J connectivity index is 1.14. The standard InChI is InChI=1S/C24H27N3O2S2/c28-23(12-6-9-19-7-2-1-3-8-19)26-13-15-27(16-14-26)24(29)18-30-17-22-25-20-10-4-5-11-21(20)31-22/h1-5,7-8,10-11H,6,9,12-18H2. The van der Waals surface area contributed by atoms with E-state index in [9.17, 15) is 9.59 Å². The maximum Gasteiger partial charge on any atom is 0.232 e. The molecule has 3 aromatic rings. The smallest absolute Gasteiger partial charge is 0.232 e. The first kappa shape index (κ1) is 21.8. The molecule has 0 bridgehead atoms. The second-order valence-corrected chi connectivity index (χ2v) is 9.77. The molecule has 2 heterocycles. The summed E-state index contributed by atoms with van der Waals surface area (Å²) in [6, 6.07) is 18.4. The van der Waals surface area contributed by atoms with E-state index in [1.807, 2.05) is 46.2 Å². The fourth-order valence-electron chi connectivity index (χ4n) is 3.75. The molecule has 1 aromatic heterocycles. The summed E-state index contributed by atoms with van der Waals surface area (Å²) in [5, 5.41) is 1.06. The van der Waals surface area contributed by atoms with Crippen molar-refractivity contribution < 1.29 is 9.59 Å². The lowest BCUT2D eigenvalue weighted by molar-refractivity contribution is -0.138. The molecule has 162 valence electrons. The molecule has 0 aliphatic carbocycles. The van der Waals surface area contributed by atoms with Gasteiger partial charge in [-0.15, -0.1) is 23.1 Å². The van der Waals surface area contributed by atoms with Crippen LogP contribution in [0.1, 0.15) is 23.4 Å². The van der Waals surface area contributed by atoms with E-state index < -0.39 is 0 Å². The van der Waals surface area contributed by atoms with E-state index in [0.29, 0.717) is 38.4 Å². The lowest BCUT2D eigenvalue weighted by atomic mass is 10.1. The summed E-state index contributed by atoms with van der Waals surface area (Å²) in [6.07, 6.45) is 2.36. The largest absolute Gasteiger partial charge is 0.339 e. The van der Waals surface area contributed by atoms with Crippen LogP contribution in [-0.2, 0) is 21.8 Å². The number of aryl methyl sites for hydroxylation is 1. The first-order valence-electron chi connectivity index (χ1n) is 10.7. The second-order valence-electron chi connectivity index (χ2n) is 7.67. The molecule has 4 rings (SSSR count). The molecule has 2 amide bonds. The Labute approximate surface area is 191 Å².